The van der Waals surface area contributed by atoms with Gasteiger partial charge in [-0.1, -0.05) is 17.7 Å². The van der Waals surface area contributed by atoms with E-state index < -0.39 is 11.6 Å². The van der Waals surface area contributed by atoms with Crippen molar-refractivity contribution in [3.05, 3.63) is 70.9 Å². The molecule has 198 valence electrons. The summed E-state index contributed by atoms with van der Waals surface area (Å²) in [6.45, 7) is 2.14. The normalized spacial score (nSPS) is 14.5. The van der Waals surface area contributed by atoms with Gasteiger partial charge in [0.15, 0.2) is 23.9 Å². The smallest absolute Gasteiger partial charge is 0.257 e. The lowest BCUT2D eigenvalue weighted by molar-refractivity contribution is -0.122. The topological polar surface area (TPSA) is 95.2 Å². The second-order valence-corrected chi connectivity index (χ2v) is 9.60. The van der Waals surface area contributed by atoms with Gasteiger partial charge in [-0.3, -0.25) is 9.69 Å². The molecule has 0 unspecified atom stereocenters. The standard InChI is InChI=1S/C27H27ClF2N6O2/c1-31-23(37)15-38-19-5-3-17(4-6-19)26-34-25-24(20(28)13-32-27(25)35-26)33-18-8-10-36(11-9-18)14-16-2-7-21(29)22(30)12-16/h2-7,12-13,18H,8-11,14-15H2,1H3,(H,31,37)(H2,32,33,34,35). The van der Waals surface area contributed by atoms with Gasteiger partial charge in [-0.25, -0.2) is 18.7 Å². The third-order valence-corrected chi connectivity index (χ3v) is 6.86. The number of likely N-dealkylation sites (tertiary alicyclic amines) is 1. The number of hydrogen-bond acceptors (Lipinski definition) is 6. The van der Waals surface area contributed by atoms with Crippen molar-refractivity contribution < 1.29 is 18.3 Å². The van der Waals surface area contributed by atoms with Crippen LogP contribution in [0.1, 0.15) is 18.4 Å². The van der Waals surface area contributed by atoms with Gasteiger partial charge in [0.2, 0.25) is 0 Å². The molecule has 3 N–H and O–H groups in total. The van der Waals surface area contributed by atoms with Gasteiger partial charge < -0.3 is 20.4 Å². The Hall–Kier alpha value is -3.76. The Morgan fingerprint density at radius 3 is 2.63 bits per heavy atom. The number of halogens is 3. The number of aromatic amines is 1. The SMILES string of the molecule is CNC(=O)COc1ccc(-c2nc3ncc(Cl)c(NC4CCN(Cc5ccc(F)c(F)c5)CC4)c3[nH]2)cc1. The zero-order chi connectivity index (χ0) is 26.6. The first kappa shape index (κ1) is 25.9. The van der Waals surface area contributed by atoms with Crippen LogP contribution in [-0.4, -0.2) is 58.5 Å². The van der Waals surface area contributed by atoms with Gasteiger partial charge >= 0.3 is 0 Å². The number of nitrogens with zero attached hydrogens (tertiary/aromatic N) is 3. The van der Waals surface area contributed by atoms with E-state index in [-0.39, 0.29) is 18.6 Å². The maximum absolute atomic E-state index is 13.6. The molecule has 5 rings (SSSR count). The number of imidazole rings is 1. The van der Waals surface area contributed by atoms with Crippen LogP contribution in [0.25, 0.3) is 22.6 Å². The summed E-state index contributed by atoms with van der Waals surface area (Å²) in [4.78, 5) is 26.0. The van der Waals surface area contributed by atoms with Crippen LogP contribution >= 0.6 is 11.6 Å². The van der Waals surface area contributed by atoms with Crippen LogP contribution in [0.5, 0.6) is 5.75 Å². The van der Waals surface area contributed by atoms with Crippen LogP contribution in [-0.2, 0) is 11.3 Å². The monoisotopic (exact) mass is 540 g/mol. The third-order valence-electron chi connectivity index (χ3n) is 6.58. The molecule has 2 aromatic heterocycles. The Kier molecular flexibility index (Phi) is 7.71. The van der Waals surface area contributed by atoms with E-state index in [0.29, 0.717) is 28.8 Å². The zero-order valence-electron chi connectivity index (χ0n) is 20.7. The highest BCUT2D eigenvalue weighted by Crippen LogP contribution is 2.32. The molecule has 0 atom stereocenters. The zero-order valence-corrected chi connectivity index (χ0v) is 21.5. The summed E-state index contributed by atoms with van der Waals surface area (Å²) >= 11 is 6.54. The lowest BCUT2D eigenvalue weighted by Crippen LogP contribution is -2.38. The van der Waals surface area contributed by atoms with Crippen LogP contribution in [0.4, 0.5) is 14.5 Å². The van der Waals surface area contributed by atoms with Gasteiger partial charge in [0, 0.05) is 38.3 Å². The van der Waals surface area contributed by atoms with Gasteiger partial charge in [0.25, 0.3) is 5.91 Å². The second kappa shape index (κ2) is 11.3. The summed E-state index contributed by atoms with van der Waals surface area (Å²) in [7, 11) is 1.56. The quantitative estimate of drug-likeness (QED) is 0.298. The Labute approximate surface area is 223 Å². The molecule has 11 heteroatoms. The van der Waals surface area contributed by atoms with Crippen LogP contribution in [0.15, 0.2) is 48.7 Å². The number of likely N-dealkylation sites (N-methyl/N-ethyl adjacent to an activating group) is 1. The molecule has 1 aliphatic heterocycles. The Morgan fingerprint density at radius 2 is 1.92 bits per heavy atom. The molecule has 3 heterocycles. The number of aromatic nitrogens is 3. The highest BCUT2D eigenvalue weighted by Gasteiger charge is 2.22. The number of benzene rings is 2. The molecule has 0 bridgehead atoms. The minimum absolute atomic E-state index is 0.0539. The number of carbonyl (C=O) groups is 1. The summed E-state index contributed by atoms with van der Waals surface area (Å²) in [5, 5.41) is 6.57. The number of pyridine rings is 1. The number of fused-ring (bicyclic) bond motifs is 1. The largest absolute Gasteiger partial charge is 0.484 e. The van der Waals surface area contributed by atoms with Crippen molar-refractivity contribution in [2.75, 3.05) is 32.1 Å². The molecular formula is C27H27ClF2N6O2. The van der Waals surface area contributed by atoms with Gasteiger partial charge in [0.05, 0.1) is 16.9 Å². The molecule has 8 nitrogen and oxygen atoms in total. The molecule has 0 saturated carbocycles. The van der Waals surface area contributed by atoms with Gasteiger partial charge in [-0.05, 0) is 54.8 Å². The van der Waals surface area contributed by atoms with E-state index in [4.69, 9.17) is 16.3 Å². The predicted octanol–water partition coefficient (Wildman–Crippen LogP) is 4.76. The Bertz CT molecular complexity index is 1440. The van der Waals surface area contributed by atoms with Crippen molar-refractivity contribution in [1.29, 1.82) is 0 Å². The molecule has 1 saturated heterocycles. The van der Waals surface area contributed by atoms with Gasteiger partial charge in [-0.15, -0.1) is 0 Å². The number of piperidine rings is 1. The molecule has 0 spiro atoms. The molecule has 4 aromatic rings. The van der Waals surface area contributed by atoms with E-state index in [1.165, 1.54) is 12.1 Å². The van der Waals surface area contributed by atoms with E-state index in [1.54, 1.807) is 31.4 Å². The molecular weight excluding hydrogens is 514 g/mol. The number of nitrogens with one attached hydrogen (secondary N) is 3. The van der Waals surface area contributed by atoms with Crippen molar-refractivity contribution >= 4 is 34.4 Å². The summed E-state index contributed by atoms with van der Waals surface area (Å²) in [6.07, 6.45) is 3.31. The summed E-state index contributed by atoms with van der Waals surface area (Å²) in [5.74, 6) is -0.643. The van der Waals surface area contributed by atoms with Crippen molar-refractivity contribution in [1.82, 2.24) is 25.2 Å². The minimum atomic E-state index is -0.830. The molecule has 2 aromatic carbocycles. The van der Waals surface area contributed by atoms with E-state index >= 15 is 0 Å². The lowest BCUT2D eigenvalue weighted by atomic mass is 10.0. The maximum Gasteiger partial charge on any atom is 0.257 e. The average Bonchev–Trinajstić information content (AvgIpc) is 3.37. The van der Waals surface area contributed by atoms with E-state index in [9.17, 15) is 13.6 Å². The molecule has 38 heavy (non-hydrogen) atoms. The molecule has 1 amide bonds. The number of rotatable bonds is 8. The number of H-pyrrole nitrogens is 1. The van der Waals surface area contributed by atoms with Gasteiger partial charge in [-0.2, -0.15) is 0 Å². The third kappa shape index (κ3) is 5.87. The first-order chi connectivity index (χ1) is 18.4. The number of amides is 1. The van der Waals surface area contributed by atoms with Crippen molar-refractivity contribution in [2.45, 2.75) is 25.4 Å². The fourth-order valence-electron chi connectivity index (χ4n) is 4.48. The highest BCUT2D eigenvalue weighted by atomic mass is 35.5. The van der Waals surface area contributed by atoms with Gasteiger partial charge in [0.1, 0.15) is 17.1 Å². The predicted molar refractivity (Wildman–Crippen MR) is 142 cm³/mol. The van der Waals surface area contributed by atoms with Crippen LogP contribution in [0.3, 0.4) is 0 Å². The Balaban J connectivity index is 1.25. The van der Waals surface area contributed by atoms with E-state index in [1.807, 2.05) is 12.1 Å². The number of hydrogen-bond donors (Lipinski definition) is 3. The molecule has 0 radical (unpaired) electrons. The number of anilines is 1. The first-order valence-electron chi connectivity index (χ1n) is 12.3. The van der Waals surface area contributed by atoms with E-state index in [0.717, 1.165) is 48.3 Å². The fraction of sp³-hybridized carbons (Fsp3) is 0.296. The Morgan fingerprint density at radius 1 is 1.16 bits per heavy atom. The molecule has 1 aliphatic rings. The lowest BCUT2D eigenvalue weighted by Gasteiger charge is -2.33. The van der Waals surface area contributed by atoms with Crippen molar-refractivity contribution in [3.63, 3.8) is 0 Å². The van der Waals surface area contributed by atoms with Crippen molar-refractivity contribution in [3.8, 4) is 17.1 Å². The first-order valence-corrected chi connectivity index (χ1v) is 12.7. The number of ether oxygens (including phenoxy) is 1. The van der Waals surface area contributed by atoms with Crippen LogP contribution in [0.2, 0.25) is 5.02 Å². The summed E-state index contributed by atoms with van der Waals surface area (Å²) in [5.41, 5.74) is 3.60. The van der Waals surface area contributed by atoms with Crippen molar-refractivity contribution in [2.24, 2.45) is 0 Å². The molecule has 0 aliphatic carbocycles. The maximum atomic E-state index is 13.6. The number of carbonyl (C=O) groups excluding carboxylic acids is 1. The second-order valence-electron chi connectivity index (χ2n) is 9.19. The van der Waals surface area contributed by atoms with E-state index in [2.05, 4.69) is 30.5 Å². The summed E-state index contributed by atoms with van der Waals surface area (Å²) < 4.78 is 32.2. The van der Waals surface area contributed by atoms with Crippen LogP contribution < -0.4 is 15.4 Å². The average molecular weight is 541 g/mol. The van der Waals surface area contributed by atoms with Crippen LogP contribution in [0, 0.1) is 11.6 Å². The molecule has 1 fully saturated rings. The highest BCUT2D eigenvalue weighted by molar-refractivity contribution is 6.34. The summed E-state index contributed by atoms with van der Waals surface area (Å²) in [6, 6.07) is 11.5. The fourth-order valence-corrected chi connectivity index (χ4v) is 4.68. The minimum Gasteiger partial charge on any atom is -0.484 e.